The molecule has 62 heavy (non-hydrogen) atoms. The van der Waals surface area contributed by atoms with Crippen molar-refractivity contribution >= 4 is 56.8 Å². The van der Waals surface area contributed by atoms with Crippen molar-refractivity contribution in [2.75, 3.05) is 28.4 Å². The van der Waals surface area contributed by atoms with Crippen molar-refractivity contribution in [2.45, 2.75) is 33.3 Å². The fourth-order valence-electron chi connectivity index (χ4n) is 5.28. The van der Waals surface area contributed by atoms with Crippen molar-refractivity contribution in [3.63, 3.8) is 0 Å². The van der Waals surface area contributed by atoms with Gasteiger partial charge in [-0.25, -0.2) is 8.42 Å². The predicted molar refractivity (Wildman–Crippen MR) is 240 cm³/mol. The lowest BCUT2D eigenvalue weighted by atomic mass is 10.1. The molecule has 2 aromatic heterocycles. The molecule has 4 aromatic carbocycles. The monoisotopic (exact) mass is 910 g/mol. The van der Waals surface area contributed by atoms with E-state index in [1.54, 1.807) is 38.5 Å². The minimum absolute atomic E-state index is 0.229. The Kier molecular flexibility index (Phi) is 18.6. The number of esters is 1. The molecule has 0 bridgehead atoms. The van der Waals surface area contributed by atoms with E-state index in [0.717, 1.165) is 48.6 Å². The first-order valence-corrected chi connectivity index (χ1v) is 22.4. The fraction of sp³-hybridized carbons (Fsp3) is 0.174. The SMILES string of the molecule is COC(=O)C(Cc1ccccc1)NOS(=O)c1ccc(C#Cc2ccc(OC)cc2)s1.COc1ccc(C#Cc2ccc(S(=O)ON(C)C(Cc3ccccc3)C(=O)O)s2)cc1. The Bertz CT molecular complexity index is 2540. The second kappa shape index (κ2) is 24.5. The standard InChI is InChI=1S/2C23H21NO5S2/c1-27-19-11-8-17(9-12-19)10-13-20-14-15-22(30-20)31(26)29-24-21(23(25)28-2)16-18-6-4-3-5-7-18;1-24(21(23(25)26)16-18-6-4-3-5-7-18)29-31(27)22-15-14-20(30-22)13-10-17-8-11-19(28-2)12-9-17/h3-9,11-12,14-15,21,24H,16H2,1-2H3;3-9,11-12,14-15,21H,16H2,1-2H3,(H,25,26). The van der Waals surface area contributed by atoms with Gasteiger partial charge in [0.15, 0.2) is 0 Å². The van der Waals surface area contributed by atoms with Gasteiger partial charge in [-0.15, -0.1) is 22.7 Å². The van der Waals surface area contributed by atoms with Crippen LogP contribution in [0.4, 0.5) is 0 Å². The minimum atomic E-state index is -1.84. The summed E-state index contributed by atoms with van der Waals surface area (Å²) in [5.74, 6) is 12.1. The van der Waals surface area contributed by atoms with E-state index in [0.29, 0.717) is 14.8 Å². The molecule has 2 N–H and O–H groups in total. The Morgan fingerprint density at radius 2 is 1.11 bits per heavy atom. The molecule has 0 saturated carbocycles. The number of aliphatic carboxylic acids is 1. The average Bonchev–Trinajstić information content (AvgIpc) is 4.00. The summed E-state index contributed by atoms with van der Waals surface area (Å²) < 4.78 is 51.7. The molecule has 320 valence electrons. The van der Waals surface area contributed by atoms with Crippen LogP contribution in [0, 0.1) is 23.7 Å². The molecule has 0 saturated heterocycles. The van der Waals surface area contributed by atoms with E-state index in [1.807, 2.05) is 109 Å². The highest BCUT2D eigenvalue weighted by Gasteiger charge is 2.27. The molecular formula is C46H42N2O10S4. The number of methoxy groups -OCH3 is 3. The maximum atomic E-state index is 12.6. The zero-order valence-electron chi connectivity index (χ0n) is 34.0. The van der Waals surface area contributed by atoms with Crippen molar-refractivity contribution < 1.29 is 45.9 Å². The number of carbonyl (C=O) groups is 2. The number of carboxylic acid groups (broad SMARTS) is 1. The van der Waals surface area contributed by atoms with Gasteiger partial charge in [-0.05, 0) is 83.9 Å². The smallest absolute Gasteiger partial charge is 0.325 e. The number of hydroxylamine groups is 3. The predicted octanol–water partition coefficient (Wildman–Crippen LogP) is 7.22. The van der Waals surface area contributed by atoms with Crippen LogP contribution < -0.4 is 15.0 Å². The molecular weight excluding hydrogens is 869 g/mol. The molecule has 0 aliphatic rings. The molecule has 0 aliphatic carbocycles. The van der Waals surface area contributed by atoms with E-state index in [4.69, 9.17) is 22.8 Å². The molecule has 6 aromatic rings. The third-order valence-corrected chi connectivity index (χ3v) is 13.0. The van der Waals surface area contributed by atoms with Crippen LogP contribution in [0.5, 0.6) is 11.5 Å². The quantitative estimate of drug-likeness (QED) is 0.0574. The van der Waals surface area contributed by atoms with Crippen LogP contribution in [0.2, 0.25) is 0 Å². The molecule has 0 fully saturated rings. The van der Waals surface area contributed by atoms with Crippen LogP contribution >= 0.6 is 22.7 Å². The van der Waals surface area contributed by atoms with Gasteiger partial charge in [0.1, 0.15) is 32.0 Å². The summed E-state index contributed by atoms with van der Waals surface area (Å²) >= 11 is -1.15. The summed E-state index contributed by atoms with van der Waals surface area (Å²) in [7, 11) is 5.98. The van der Waals surface area contributed by atoms with Gasteiger partial charge in [-0.2, -0.15) is 19.1 Å². The van der Waals surface area contributed by atoms with Gasteiger partial charge in [0, 0.05) is 31.0 Å². The minimum Gasteiger partial charge on any atom is -0.497 e. The average molecular weight is 911 g/mol. The van der Waals surface area contributed by atoms with Crippen molar-refractivity contribution in [3.8, 4) is 35.2 Å². The van der Waals surface area contributed by atoms with Crippen molar-refractivity contribution in [1.82, 2.24) is 10.5 Å². The molecule has 6 rings (SSSR count). The second-order valence-electron chi connectivity index (χ2n) is 12.8. The fourth-order valence-corrected chi connectivity index (χ4v) is 8.78. The number of likely N-dealkylation sites (N-methyl/N-ethyl adjacent to an activating group) is 1. The van der Waals surface area contributed by atoms with Gasteiger partial charge >= 0.3 is 11.9 Å². The van der Waals surface area contributed by atoms with Crippen LogP contribution in [0.15, 0.2) is 142 Å². The van der Waals surface area contributed by atoms with Crippen LogP contribution in [0.25, 0.3) is 0 Å². The highest BCUT2D eigenvalue weighted by atomic mass is 32.2. The van der Waals surface area contributed by atoms with Crippen molar-refractivity contribution in [3.05, 3.63) is 165 Å². The van der Waals surface area contributed by atoms with E-state index >= 15 is 0 Å². The molecule has 0 aliphatic heterocycles. The van der Waals surface area contributed by atoms with Gasteiger partial charge < -0.3 is 19.3 Å². The number of nitrogens with one attached hydrogen (secondary N) is 1. The number of carbonyl (C=O) groups excluding carboxylic acids is 1. The molecule has 4 atom stereocenters. The maximum Gasteiger partial charge on any atom is 0.325 e. The third-order valence-electron chi connectivity index (χ3n) is 8.55. The summed E-state index contributed by atoms with van der Waals surface area (Å²) in [5.41, 5.74) is 6.03. The first kappa shape index (κ1) is 47.1. The number of hydrogen-bond donors (Lipinski definition) is 2. The first-order chi connectivity index (χ1) is 30.0. The zero-order valence-corrected chi connectivity index (χ0v) is 37.2. The molecule has 4 unspecified atom stereocenters. The van der Waals surface area contributed by atoms with Crippen LogP contribution in [-0.4, -0.2) is 71.0 Å². The molecule has 12 nitrogen and oxygen atoms in total. The Morgan fingerprint density at radius 3 is 1.56 bits per heavy atom. The van der Waals surface area contributed by atoms with Gasteiger partial charge in [-0.1, -0.05) is 84.3 Å². The molecule has 0 spiro atoms. The normalized spacial score (nSPS) is 12.5. The van der Waals surface area contributed by atoms with E-state index in [-0.39, 0.29) is 6.42 Å². The van der Waals surface area contributed by atoms with E-state index in [1.165, 1.54) is 36.8 Å². The number of nitrogens with zero attached hydrogens (tertiary/aromatic N) is 1. The number of thiophene rings is 2. The number of ether oxygens (including phenoxy) is 3. The Morgan fingerprint density at radius 1 is 0.645 bits per heavy atom. The van der Waals surface area contributed by atoms with Crippen molar-refractivity contribution in [2.24, 2.45) is 0 Å². The number of benzene rings is 4. The van der Waals surface area contributed by atoms with E-state index in [2.05, 4.69) is 29.2 Å². The maximum absolute atomic E-state index is 12.6. The first-order valence-electron chi connectivity index (χ1n) is 18.6. The lowest BCUT2D eigenvalue weighted by Gasteiger charge is -2.22. The summed E-state index contributed by atoms with van der Waals surface area (Å²) in [4.78, 5) is 25.2. The Balaban J connectivity index is 0.000000234. The Labute approximate surface area is 373 Å². The van der Waals surface area contributed by atoms with Crippen molar-refractivity contribution in [1.29, 1.82) is 0 Å². The zero-order chi connectivity index (χ0) is 44.3. The van der Waals surface area contributed by atoms with Gasteiger partial charge in [0.05, 0.1) is 31.1 Å². The molecule has 16 heteroatoms. The summed E-state index contributed by atoms with van der Waals surface area (Å²) in [6, 6.07) is 38.6. The summed E-state index contributed by atoms with van der Waals surface area (Å²) in [6.07, 6.45) is 0.570. The van der Waals surface area contributed by atoms with Gasteiger partial charge in [0.2, 0.25) is 22.2 Å². The highest BCUT2D eigenvalue weighted by Crippen LogP contribution is 2.23. The number of hydrogen-bond acceptors (Lipinski definition) is 13. The molecule has 0 amide bonds. The van der Waals surface area contributed by atoms with Gasteiger partial charge in [0.25, 0.3) is 0 Å². The molecule has 2 heterocycles. The molecule has 0 radical (unpaired) electrons. The Hall–Kier alpha value is -5.92. The van der Waals surface area contributed by atoms with E-state index < -0.39 is 46.2 Å². The lowest BCUT2D eigenvalue weighted by Crippen LogP contribution is -2.40. The van der Waals surface area contributed by atoms with Crippen LogP contribution in [-0.2, 0) is 57.9 Å². The lowest BCUT2D eigenvalue weighted by molar-refractivity contribution is -0.154. The highest BCUT2D eigenvalue weighted by molar-refractivity contribution is 7.83. The van der Waals surface area contributed by atoms with Gasteiger partial charge in [-0.3, -0.25) is 9.59 Å². The number of rotatable bonds is 16. The number of carboxylic acids is 1. The summed E-state index contributed by atoms with van der Waals surface area (Å²) in [6.45, 7) is 0. The van der Waals surface area contributed by atoms with Crippen LogP contribution in [0.3, 0.4) is 0 Å². The topological polar surface area (TPSA) is 150 Å². The van der Waals surface area contributed by atoms with E-state index in [9.17, 15) is 23.1 Å². The summed E-state index contributed by atoms with van der Waals surface area (Å²) in [5, 5.41) is 10.7. The largest absolute Gasteiger partial charge is 0.497 e. The third kappa shape index (κ3) is 14.9. The second-order valence-corrected chi connectivity index (χ2v) is 17.6. The van der Waals surface area contributed by atoms with Crippen LogP contribution in [0.1, 0.15) is 32.0 Å².